The van der Waals surface area contributed by atoms with Gasteiger partial charge in [-0.1, -0.05) is 11.6 Å². The van der Waals surface area contributed by atoms with Gasteiger partial charge in [0, 0.05) is 18.6 Å². The van der Waals surface area contributed by atoms with Gasteiger partial charge in [0.15, 0.2) is 0 Å². The monoisotopic (exact) mass is 338 g/mol. The summed E-state index contributed by atoms with van der Waals surface area (Å²) >= 11 is 5.89. The van der Waals surface area contributed by atoms with Crippen molar-refractivity contribution >= 4 is 28.9 Å². The molecule has 0 aliphatic rings. The lowest BCUT2D eigenvalue weighted by atomic mass is 10.2. The molecule has 0 bridgehead atoms. The van der Waals surface area contributed by atoms with E-state index in [1.807, 2.05) is 0 Å². The number of nitro groups is 1. The standard InChI is InChI=1S/C14H15ClN4O4/c1-9-13(15)8-16-18(9)4-3-14(20)17-10-5-11(19(21)22)7-12(6-10)23-2/h5-8H,3-4H2,1-2H3,(H,17,20). The van der Waals surface area contributed by atoms with Crippen molar-refractivity contribution in [1.82, 2.24) is 9.78 Å². The zero-order valence-corrected chi connectivity index (χ0v) is 13.3. The number of aryl methyl sites for hydroxylation is 1. The number of carbonyl (C=O) groups excluding carboxylic acids is 1. The second kappa shape index (κ2) is 7.10. The minimum atomic E-state index is -0.548. The number of anilines is 1. The Morgan fingerprint density at radius 3 is 2.78 bits per heavy atom. The molecule has 1 N–H and O–H groups in total. The van der Waals surface area contributed by atoms with E-state index < -0.39 is 4.92 Å². The molecule has 1 aromatic carbocycles. The van der Waals surface area contributed by atoms with E-state index in [-0.39, 0.29) is 18.0 Å². The second-order valence-corrected chi connectivity index (χ2v) is 5.18. The lowest BCUT2D eigenvalue weighted by molar-refractivity contribution is -0.384. The largest absolute Gasteiger partial charge is 0.496 e. The summed E-state index contributed by atoms with van der Waals surface area (Å²) in [6.45, 7) is 2.16. The van der Waals surface area contributed by atoms with Gasteiger partial charge >= 0.3 is 0 Å². The van der Waals surface area contributed by atoms with Crippen LogP contribution < -0.4 is 10.1 Å². The number of nitro benzene ring substituents is 1. The summed E-state index contributed by atoms with van der Waals surface area (Å²) in [4.78, 5) is 22.3. The van der Waals surface area contributed by atoms with Crippen LogP contribution in [0.4, 0.5) is 11.4 Å². The number of carbonyl (C=O) groups is 1. The summed E-state index contributed by atoms with van der Waals surface area (Å²) in [6.07, 6.45) is 1.67. The number of methoxy groups -OCH3 is 1. The van der Waals surface area contributed by atoms with Gasteiger partial charge < -0.3 is 10.1 Å². The van der Waals surface area contributed by atoms with E-state index in [0.29, 0.717) is 23.0 Å². The summed E-state index contributed by atoms with van der Waals surface area (Å²) in [7, 11) is 1.40. The van der Waals surface area contributed by atoms with Crippen LogP contribution in [0, 0.1) is 17.0 Å². The maximum Gasteiger partial charge on any atom is 0.275 e. The number of rotatable bonds is 6. The van der Waals surface area contributed by atoms with E-state index in [9.17, 15) is 14.9 Å². The highest BCUT2D eigenvalue weighted by molar-refractivity contribution is 6.31. The zero-order chi connectivity index (χ0) is 17.0. The molecule has 2 rings (SSSR count). The molecule has 0 radical (unpaired) electrons. The Labute approximate surface area is 137 Å². The van der Waals surface area contributed by atoms with Crippen molar-refractivity contribution in [3.05, 3.63) is 45.2 Å². The molecular formula is C14H15ClN4O4. The number of halogens is 1. The van der Waals surface area contributed by atoms with Crippen molar-refractivity contribution in [1.29, 1.82) is 0 Å². The SMILES string of the molecule is COc1cc(NC(=O)CCn2ncc(Cl)c2C)cc([N+](=O)[O-])c1. The van der Waals surface area contributed by atoms with E-state index in [0.717, 1.165) is 5.69 Å². The summed E-state index contributed by atoms with van der Waals surface area (Å²) in [6, 6.07) is 4.07. The molecule has 8 nitrogen and oxygen atoms in total. The summed E-state index contributed by atoms with van der Waals surface area (Å²) in [5.74, 6) is 0.00257. The maximum absolute atomic E-state index is 12.0. The lowest BCUT2D eigenvalue weighted by Crippen LogP contribution is -2.15. The Balaban J connectivity index is 2.03. The van der Waals surface area contributed by atoms with Crippen LogP contribution in [0.15, 0.2) is 24.4 Å². The smallest absolute Gasteiger partial charge is 0.275 e. The number of nitrogens with zero attached hydrogens (tertiary/aromatic N) is 3. The molecule has 0 saturated carbocycles. The van der Waals surface area contributed by atoms with E-state index in [1.165, 1.54) is 31.5 Å². The van der Waals surface area contributed by atoms with Crippen LogP contribution >= 0.6 is 11.6 Å². The Kier molecular flexibility index (Phi) is 5.17. The minimum absolute atomic E-state index is 0.157. The number of hydrogen-bond acceptors (Lipinski definition) is 5. The molecule has 0 aliphatic heterocycles. The van der Waals surface area contributed by atoms with Gasteiger partial charge in [0.2, 0.25) is 5.91 Å². The molecule has 9 heteroatoms. The highest BCUT2D eigenvalue weighted by Gasteiger charge is 2.13. The van der Waals surface area contributed by atoms with Crippen molar-refractivity contribution in [2.75, 3.05) is 12.4 Å². The zero-order valence-electron chi connectivity index (χ0n) is 12.6. The summed E-state index contributed by atoms with van der Waals surface area (Å²) in [5, 5.41) is 18.1. The van der Waals surface area contributed by atoms with Crippen molar-refractivity contribution in [2.24, 2.45) is 0 Å². The molecule has 0 spiro atoms. The molecule has 1 amide bonds. The summed E-state index contributed by atoms with van der Waals surface area (Å²) < 4.78 is 6.61. The Morgan fingerprint density at radius 1 is 1.48 bits per heavy atom. The molecule has 122 valence electrons. The van der Waals surface area contributed by atoms with Crippen molar-refractivity contribution < 1.29 is 14.5 Å². The number of benzene rings is 1. The van der Waals surface area contributed by atoms with E-state index >= 15 is 0 Å². The van der Waals surface area contributed by atoms with Crippen LogP contribution in [-0.4, -0.2) is 27.7 Å². The van der Waals surface area contributed by atoms with Gasteiger partial charge in [-0.05, 0) is 6.92 Å². The Hall–Kier alpha value is -2.61. The molecule has 2 aromatic rings. The number of non-ortho nitro benzene ring substituents is 1. The van der Waals surface area contributed by atoms with Crippen LogP contribution in [0.3, 0.4) is 0 Å². The first-order chi connectivity index (χ1) is 10.9. The van der Waals surface area contributed by atoms with Crippen molar-refractivity contribution in [3.63, 3.8) is 0 Å². The molecule has 23 heavy (non-hydrogen) atoms. The van der Waals surface area contributed by atoms with E-state index in [1.54, 1.807) is 11.6 Å². The van der Waals surface area contributed by atoms with Gasteiger partial charge in [0.25, 0.3) is 5.69 Å². The number of nitrogens with one attached hydrogen (secondary N) is 1. The lowest BCUT2D eigenvalue weighted by Gasteiger charge is -2.08. The topological polar surface area (TPSA) is 99.3 Å². The average molecular weight is 339 g/mol. The van der Waals surface area contributed by atoms with Crippen LogP contribution in [-0.2, 0) is 11.3 Å². The average Bonchev–Trinajstić information content (AvgIpc) is 2.84. The molecule has 0 aliphatic carbocycles. The van der Waals surface area contributed by atoms with Crippen LogP contribution in [0.25, 0.3) is 0 Å². The normalized spacial score (nSPS) is 10.4. The van der Waals surface area contributed by atoms with Gasteiger partial charge in [-0.2, -0.15) is 5.10 Å². The first kappa shape index (κ1) is 16.8. The fraction of sp³-hybridized carbons (Fsp3) is 0.286. The number of aromatic nitrogens is 2. The quantitative estimate of drug-likeness (QED) is 0.645. The number of ether oxygens (including phenoxy) is 1. The van der Waals surface area contributed by atoms with Gasteiger partial charge in [-0.25, -0.2) is 0 Å². The van der Waals surface area contributed by atoms with Gasteiger partial charge in [-0.3, -0.25) is 19.6 Å². The van der Waals surface area contributed by atoms with Gasteiger partial charge in [0.1, 0.15) is 5.75 Å². The first-order valence-corrected chi connectivity index (χ1v) is 7.09. The van der Waals surface area contributed by atoms with Gasteiger partial charge in [0.05, 0.1) is 47.2 Å². The first-order valence-electron chi connectivity index (χ1n) is 6.72. The van der Waals surface area contributed by atoms with Crippen molar-refractivity contribution in [2.45, 2.75) is 19.9 Å². The van der Waals surface area contributed by atoms with Crippen LogP contribution in [0.1, 0.15) is 12.1 Å². The molecule has 1 heterocycles. The summed E-state index contributed by atoms with van der Waals surface area (Å²) in [5.41, 5.74) is 0.919. The molecule has 1 aromatic heterocycles. The highest BCUT2D eigenvalue weighted by atomic mass is 35.5. The van der Waals surface area contributed by atoms with E-state index in [4.69, 9.17) is 16.3 Å². The third-order valence-electron chi connectivity index (χ3n) is 3.22. The van der Waals surface area contributed by atoms with Gasteiger partial charge in [-0.15, -0.1) is 0 Å². The molecule has 0 unspecified atom stereocenters. The third-order valence-corrected chi connectivity index (χ3v) is 3.59. The molecule has 0 fully saturated rings. The Bertz CT molecular complexity index is 744. The molecular weight excluding hydrogens is 324 g/mol. The van der Waals surface area contributed by atoms with E-state index in [2.05, 4.69) is 10.4 Å². The molecule has 0 saturated heterocycles. The Morgan fingerprint density at radius 2 is 2.22 bits per heavy atom. The van der Waals surface area contributed by atoms with Crippen molar-refractivity contribution in [3.8, 4) is 5.75 Å². The molecule has 0 atom stereocenters. The highest BCUT2D eigenvalue weighted by Crippen LogP contribution is 2.25. The minimum Gasteiger partial charge on any atom is -0.496 e. The fourth-order valence-corrected chi connectivity index (χ4v) is 2.10. The number of hydrogen-bond donors (Lipinski definition) is 1. The maximum atomic E-state index is 12.0. The number of amides is 1. The predicted octanol–water partition coefficient (Wildman–Crippen LogP) is 2.79. The third kappa shape index (κ3) is 4.19. The van der Waals surface area contributed by atoms with Crippen LogP contribution in [0.2, 0.25) is 5.02 Å². The predicted molar refractivity (Wildman–Crippen MR) is 84.9 cm³/mol. The second-order valence-electron chi connectivity index (χ2n) is 4.78. The van der Waals surface area contributed by atoms with Crippen LogP contribution in [0.5, 0.6) is 5.75 Å². The fourth-order valence-electron chi connectivity index (χ4n) is 1.96.